The maximum Gasteiger partial charge on any atom is 0.260 e. The molecule has 1 aromatic rings. The quantitative estimate of drug-likeness (QED) is 0.560. The molecule has 0 N–H and O–H groups in total. The van der Waals surface area contributed by atoms with Gasteiger partial charge in [-0.2, -0.15) is 0 Å². The number of aryl methyl sites for hydroxylation is 1. The summed E-state index contributed by atoms with van der Waals surface area (Å²) < 4.78 is 5.00. The number of imide groups is 1. The van der Waals surface area contributed by atoms with Crippen molar-refractivity contribution in [2.45, 2.75) is 13.0 Å². The largest absolute Gasteiger partial charge is 0.371 e. The summed E-state index contributed by atoms with van der Waals surface area (Å²) >= 11 is 0. The first-order valence-electron chi connectivity index (χ1n) is 5.16. The molecule has 84 valence electrons. The van der Waals surface area contributed by atoms with Crippen LogP contribution in [0.2, 0.25) is 0 Å². The SMILES string of the molecule is Cc1ccccc1C(=O)N(C=O)CC1CO1. The summed E-state index contributed by atoms with van der Waals surface area (Å²) in [5, 5.41) is 0. The van der Waals surface area contributed by atoms with Crippen molar-refractivity contribution in [2.24, 2.45) is 0 Å². The topological polar surface area (TPSA) is 49.9 Å². The Morgan fingerprint density at radius 2 is 2.25 bits per heavy atom. The standard InChI is InChI=1S/C12H13NO3/c1-9-4-2-3-5-11(9)12(15)13(8-14)6-10-7-16-10/h2-5,8,10H,6-7H2,1H3. The van der Waals surface area contributed by atoms with E-state index in [-0.39, 0.29) is 12.0 Å². The second-order valence-electron chi connectivity index (χ2n) is 3.83. The Hall–Kier alpha value is -1.68. The minimum Gasteiger partial charge on any atom is -0.371 e. The van der Waals surface area contributed by atoms with E-state index in [2.05, 4.69) is 0 Å². The summed E-state index contributed by atoms with van der Waals surface area (Å²) in [5.74, 6) is -0.261. The molecule has 0 spiro atoms. The van der Waals surface area contributed by atoms with E-state index in [0.29, 0.717) is 25.1 Å². The average molecular weight is 219 g/mol. The molecular formula is C12H13NO3. The Bertz CT molecular complexity index is 412. The van der Waals surface area contributed by atoms with Gasteiger partial charge in [0, 0.05) is 5.56 Å². The van der Waals surface area contributed by atoms with E-state index in [1.54, 1.807) is 12.1 Å². The van der Waals surface area contributed by atoms with Crippen molar-refractivity contribution in [2.75, 3.05) is 13.2 Å². The predicted molar refractivity (Wildman–Crippen MR) is 58.0 cm³/mol. The molecule has 0 radical (unpaired) electrons. The van der Waals surface area contributed by atoms with Crippen LogP contribution >= 0.6 is 0 Å². The molecule has 2 rings (SSSR count). The van der Waals surface area contributed by atoms with Crippen molar-refractivity contribution in [1.29, 1.82) is 0 Å². The number of carbonyl (C=O) groups is 2. The average Bonchev–Trinajstić information content (AvgIpc) is 3.09. The fraction of sp³-hybridized carbons (Fsp3) is 0.333. The van der Waals surface area contributed by atoms with E-state index in [0.717, 1.165) is 5.56 Å². The lowest BCUT2D eigenvalue weighted by Crippen LogP contribution is -2.33. The van der Waals surface area contributed by atoms with Crippen LogP contribution in [0.25, 0.3) is 0 Å². The third-order valence-corrected chi connectivity index (χ3v) is 2.57. The Kier molecular flexibility index (Phi) is 3.01. The number of nitrogens with zero attached hydrogens (tertiary/aromatic N) is 1. The van der Waals surface area contributed by atoms with Crippen molar-refractivity contribution in [3.8, 4) is 0 Å². The van der Waals surface area contributed by atoms with Gasteiger partial charge in [-0.05, 0) is 18.6 Å². The van der Waals surface area contributed by atoms with Crippen LogP contribution in [0.15, 0.2) is 24.3 Å². The number of hydrogen-bond acceptors (Lipinski definition) is 3. The number of amides is 2. The molecule has 1 atom stereocenters. The Balaban J connectivity index is 2.15. The van der Waals surface area contributed by atoms with Crippen molar-refractivity contribution in [1.82, 2.24) is 4.90 Å². The van der Waals surface area contributed by atoms with E-state index in [1.165, 1.54) is 4.90 Å². The highest BCUT2D eigenvalue weighted by atomic mass is 16.6. The highest BCUT2D eigenvalue weighted by molar-refractivity contribution is 6.00. The van der Waals surface area contributed by atoms with Gasteiger partial charge in [0.2, 0.25) is 6.41 Å². The van der Waals surface area contributed by atoms with Gasteiger partial charge in [-0.25, -0.2) is 0 Å². The normalized spacial score (nSPS) is 17.9. The van der Waals surface area contributed by atoms with E-state index in [1.807, 2.05) is 19.1 Å². The number of epoxide rings is 1. The van der Waals surface area contributed by atoms with Crippen LogP contribution in [0, 0.1) is 6.92 Å². The molecule has 1 aliphatic rings. The van der Waals surface area contributed by atoms with Crippen molar-refractivity contribution in [3.05, 3.63) is 35.4 Å². The molecule has 1 unspecified atom stereocenters. The van der Waals surface area contributed by atoms with Gasteiger partial charge in [0.1, 0.15) is 0 Å². The van der Waals surface area contributed by atoms with Crippen LogP contribution in [0.5, 0.6) is 0 Å². The maximum absolute atomic E-state index is 12.0. The number of hydrogen-bond donors (Lipinski definition) is 0. The lowest BCUT2D eigenvalue weighted by atomic mass is 10.1. The van der Waals surface area contributed by atoms with Gasteiger partial charge < -0.3 is 4.74 Å². The summed E-state index contributed by atoms with van der Waals surface area (Å²) in [6.07, 6.45) is 0.592. The number of rotatable bonds is 4. The Labute approximate surface area is 93.8 Å². The zero-order valence-corrected chi connectivity index (χ0v) is 9.05. The molecule has 4 nitrogen and oxygen atoms in total. The molecule has 0 bridgehead atoms. The lowest BCUT2D eigenvalue weighted by Gasteiger charge is -2.15. The molecule has 4 heteroatoms. The molecule has 2 amide bonds. The smallest absolute Gasteiger partial charge is 0.260 e. The zero-order valence-electron chi connectivity index (χ0n) is 9.05. The van der Waals surface area contributed by atoms with E-state index < -0.39 is 0 Å². The first-order chi connectivity index (χ1) is 7.72. The summed E-state index contributed by atoms with van der Waals surface area (Å²) in [6, 6.07) is 7.23. The fourth-order valence-electron chi connectivity index (χ4n) is 1.53. The molecule has 1 aromatic carbocycles. The third kappa shape index (κ3) is 2.28. The van der Waals surface area contributed by atoms with Gasteiger partial charge in [0.15, 0.2) is 0 Å². The summed E-state index contributed by atoms with van der Waals surface area (Å²) in [6.45, 7) is 2.83. The Morgan fingerprint density at radius 3 is 2.81 bits per heavy atom. The first-order valence-corrected chi connectivity index (χ1v) is 5.16. The molecule has 0 aliphatic carbocycles. The van der Waals surface area contributed by atoms with Gasteiger partial charge in [-0.15, -0.1) is 0 Å². The first kappa shape index (κ1) is 10.8. The van der Waals surface area contributed by atoms with Crippen LogP contribution in [-0.2, 0) is 9.53 Å². The minimum absolute atomic E-state index is 0.0261. The molecule has 1 saturated heterocycles. The van der Waals surface area contributed by atoms with Crippen LogP contribution in [0.4, 0.5) is 0 Å². The number of ether oxygens (including phenoxy) is 1. The van der Waals surface area contributed by atoms with E-state index >= 15 is 0 Å². The van der Waals surface area contributed by atoms with Gasteiger partial charge in [-0.3, -0.25) is 14.5 Å². The predicted octanol–water partition coefficient (Wildman–Crippen LogP) is 0.992. The number of benzene rings is 1. The fourth-order valence-corrected chi connectivity index (χ4v) is 1.53. The second kappa shape index (κ2) is 4.45. The van der Waals surface area contributed by atoms with Gasteiger partial charge in [0.25, 0.3) is 5.91 Å². The van der Waals surface area contributed by atoms with E-state index in [4.69, 9.17) is 4.74 Å². The second-order valence-corrected chi connectivity index (χ2v) is 3.83. The van der Waals surface area contributed by atoms with Gasteiger partial charge in [-0.1, -0.05) is 18.2 Å². The van der Waals surface area contributed by atoms with Crippen LogP contribution in [0.1, 0.15) is 15.9 Å². The lowest BCUT2D eigenvalue weighted by molar-refractivity contribution is -0.116. The monoisotopic (exact) mass is 219 g/mol. The molecule has 0 saturated carbocycles. The molecular weight excluding hydrogens is 206 g/mol. The van der Waals surface area contributed by atoms with Crippen molar-refractivity contribution in [3.63, 3.8) is 0 Å². The summed E-state index contributed by atoms with van der Waals surface area (Å²) in [7, 11) is 0. The molecule has 0 aromatic heterocycles. The minimum atomic E-state index is -0.261. The van der Waals surface area contributed by atoms with Gasteiger partial charge >= 0.3 is 0 Å². The van der Waals surface area contributed by atoms with Crippen LogP contribution in [0.3, 0.4) is 0 Å². The molecule has 1 aliphatic heterocycles. The summed E-state index contributed by atoms with van der Waals surface area (Å²) in [4.78, 5) is 24.0. The Morgan fingerprint density at radius 1 is 1.56 bits per heavy atom. The third-order valence-electron chi connectivity index (χ3n) is 2.57. The summed E-state index contributed by atoms with van der Waals surface area (Å²) in [5.41, 5.74) is 1.44. The maximum atomic E-state index is 12.0. The van der Waals surface area contributed by atoms with Gasteiger partial charge in [0.05, 0.1) is 19.3 Å². The number of carbonyl (C=O) groups excluding carboxylic acids is 2. The van der Waals surface area contributed by atoms with Crippen LogP contribution in [-0.4, -0.2) is 36.5 Å². The van der Waals surface area contributed by atoms with Crippen molar-refractivity contribution >= 4 is 12.3 Å². The zero-order chi connectivity index (χ0) is 11.5. The van der Waals surface area contributed by atoms with Crippen LogP contribution < -0.4 is 0 Å². The van der Waals surface area contributed by atoms with E-state index in [9.17, 15) is 9.59 Å². The highest BCUT2D eigenvalue weighted by Crippen LogP contribution is 2.14. The molecule has 16 heavy (non-hydrogen) atoms. The molecule has 1 fully saturated rings. The molecule has 1 heterocycles. The highest BCUT2D eigenvalue weighted by Gasteiger charge is 2.28. The van der Waals surface area contributed by atoms with Crippen molar-refractivity contribution < 1.29 is 14.3 Å².